The zero-order valence-electron chi connectivity index (χ0n) is 12.1. The van der Waals surface area contributed by atoms with Gasteiger partial charge < -0.3 is 5.32 Å². The van der Waals surface area contributed by atoms with Crippen molar-refractivity contribution in [3.63, 3.8) is 0 Å². The first-order chi connectivity index (χ1) is 9.79. The molecular formula is C14H17F3N4. The van der Waals surface area contributed by atoms with Crippen molar-refractivity contribution < 1.29 is 13.2 Å². The molecule has 4 nitrogen and oxygen atoms in total. The summed E-state index contributed by atoms with van der Waals surface area (Å²) in [6.07, 6.45) is -2.83. The van der Waals surface area contributed by atoms with Crippen LogP contribution in [0.25, 0.3) is 5.69 Å². The summed E-state index contributed by atoms with van der Waals surface area (Å²) >= 11 is 0. The maximum atomic E-state index is 13.0. The van der Waals surface area contributed by atoms with Gasteiger partial charge in [-0.1, -0.05) is 25.1 Å². The number of halogens is 3. The lowest BCUT2D eigenvalue weighted by Gasteiger charge is -2.14. The van der Waals surface area contributed by atoms with Crippen LogP contribution in [0.2, 0.25) is 0 Å². The molecule has 0 aliphatic rings. The fourth-order valence-electron chi connectivity index (χ4n) is 1.95. The van der Waals surface area contributed by atoms with Gasteiger partial charge in [-0.3, -0.25) is 0 Å². The van der Waals surface area contributed by atoms with Gasteiger partial charge in [-0.05, 0) is 24.6 Å². The van der Waals surface area contributed by atoms with E-state index in [9.17, 15) is 13.2 Å². The van der Waals surface area contributed by atoms with Crippen LogP contribution in [0, 0.1) is 6.92 Å². The summed E-state index contributed by atoms with van der Waals surface area (Å²) in [6, 6.07) is 4.41. The second-order valence-corrected chi connectivity index (χ2v) is 5.17. The lowest BCUT2D eigenvalue weighted by atomic mass is 10.1. The molecule has 0 saturated heterocycles. The molecule has 1 N–H and O–H groups in total. The van der Waals surface area contributed by atoms with E-state index in [0.29, 0.717) is 17.9 Å². The highest BCUT2D eigenvalue weighted by Gasteiger charge is 2.32. The average Bonchev–Trinajstić information content (AvgIpc) is 2.84. The molecule has 0 unspecified atom stereocenters. The van der Waals surface area contributed by atoms with Crippen LogP contribution in [-0.2, 0) is 12.7 Å². The van der Waals surface area contributed by atoms with Gasteiger partial charge >= 0.3 is 6.18 Å². The number of hydrogen-bond donors (Lipinski definition) is 1. The molecule has 0 saturated carbocycles. The highest BCUT2D eigenvalue weighted by Crippen LogP contribution is 2.33. The van der Waals surface area contributed by atoms with Crippen molar-refractivity contribution in [2.45, 2.75) is 39.5 Å². The van der Waals surface area contributed by atoms with Crippen LogP contribution < -0.4 is 5.32 Å². The zero-order valence-corrected chi connectivity index (χ0v) is 12.1. The predicted octanol–water partition coefficient (Wildman–Crippen LogP) is 3.09. The van der Waals surface area contributed by atoms with E-state index in [2.05, 4.69) is 15.6 Å². The average molecular weight is 298 g/mol. The lowest BCUT2D eigenvalue weighted by Crippen LogP contribution is -2.23. The van der Waals surface area contributed by atoms with Crippen molar-refractivity contribution in [2.75, 3.05) is 0 Å². The van der Waals surface area contributed by atoms with Crippen LogP contribution >= 0.6 is 0 Å². The summed E-state index contributed by atoms with van der Waals surface area (Å²) in [5.74, 6) is 0. The quantitative estimate of drug-likeness (QED) is 0.943. The van der Waals surface area contributed by atoms with Crippen LogP contribution in [0.4, 0.5) is 13.2 Å². The number of aromatic nitrogens is 3. The van der Waals surface area contributed by atoms with Crippen molar-refractivity contribution >= 4 is 0 Å². The van der Waals surface area contributed by atoms with E-state index in [1.807, 2.05) is 13.8 Å². The first-order valence-electron chi connectivity index (χ1n) is 6.60. The smallest absolute Gasteiger partial charge is 0.309 e. The van der Waals surface area contributed by atoms with Gasteiger partial charge in [0.1, 0.15) is 0 Å². The van der Waals surface area contributed by atoms with Gasteiger partial charge in [-0.25, -0.2) is 4.68 Å². The van der Waals surface area contributed by atoms with E-state index in [4.69, 9.17) is 0 Å². The number of hydrogen-bond acceptors (Lipinski definition) is 3. The first kappa shape index (κ1) is 15.5. The van der Waals surface area contributed by atoms with Crippen molar-refractivity contribution in [2.24, 2.45) is 0 Å². The summed E-state index contributed by atoms with van der Waals surface area (Å²) in [6.45, 7) is 5.90. The zero-order chi connectivity index (χ0) is 15.6. The second kappa shape index (κ2) is 5.85. The Morgan fingerprint density at radius 3 is 2.62 bits per heavy atom. The minimum atomic E-state index is -4.38. The molecule has 0 spiro atoms. The van der Waals surface area contributed by atoms with Gasteiger partial charge in [0, 0.05) is 12.6 Å². The molecule has 0 radical (unpaired) electrons. The van der Waals surface area contributed by atoms with Crippen molar-refractivity contribution in [3.05, 3.63) is 41.2 Å². The topological polar surface area (TPSA) is 42.7 Å². The molecular weight excluding hydrogens is 281 g/mol. The minimum Gasteiger partial charge on any atom is -0.309 e. The molecule has 0 aliphatic heterocycles. The number of benzene rings is 1. The molecule has 2 rings (SSSR count). The van der Waals surface area contributed by atoms with Gasteiger partial charge in [-0.2, -0.15) is 13.2 Å². The normalized spacial score (nSPS) is 12.1. The fraction of sp³-hybridized carbons (Fsp3) is 0.429. The highest BCUT2D eigenvalue weighted by atomic mass is 19.4. The van der Waals surface area contributed by atoms with Crippen molar-refractivity contribution in [3.8, 4) is 5.69 Å². The number of nitrogens with one attached hydrogen (secondary N) is 1. The molecule has 114 valence electrons. The van der Waals surface area contributed by atoms with Crippen LogP contribution in [0.5, 0.6) is 0 Å². The summed E-state index contributed by atoms with van der Waals surface area (Å²) in [7, 11) is 0. The molecule has 1 heterocycles. The second-order valence-electron chi connectivity index (χ2n) is 5.17. The Bertz CT molecular complexity index is 617. The SMILES string of the molecule is Cc1ccc(-n2nncc2CNC(C)C)cc1C(F)(F)F. The molecule has 0 amide bonds. The molecule has 21 heavy (non-hydrogen) atoms. The van der Waals surface area contributed by atoms with Gasteiger partial charge in [0.25, 0.3) is 0 Å². The maximum Gasteiger partial charge on any atom is 0.416 e. The molecule has 0 aliphatic carbocycles. The van der Waals surface area contributed by atoms with E-state index in [0.717, 1.165) is 6.07 Å². The van der Waals surface area contributed by atoms with Gasteiger partial charge in [-0.15, -0.1) is 5.10 Å². The van der Waals surface area contributed by atoms with Crippen LogP contribution in [0.1, 0.15) is 30.7 Å². The summed E-state index contributed by atoms with van der Waals surface area (Å²) in [4.78, 5) is 0. The number of rotatable bonds is 4. The molecule has 0 atom stereocenters. The standard InChI is InChI=1S/C14H17F3N4/c1-9(2)18-7-12-8-19-20-21(12)11-5-4-10(3)13(6-11)14(15,16)17/h4-6,8-9,18H,7H2,1-3H3. The van der Waals surface area contributed by atoms with E-state index < -0.39 is 11.7 Å². The van der Waals surface area contributed by atoms with E-state index in [1.165, 1.54) is 17.7 Å². The monoisotopic (exact) mass is 298 g/mol. The highest BCUT2D eigenvalue weighted by molar-refractivity contribution is 5.41. The van der Waals surface area contributed by atoms with Gasteiger partial charge in [0.2, 0.25) is 0 Å². The molecule has 2 aromatic rings. The number of nitrogens with zero attached hydrogens (tertiary/aromatic N) is 3. The number of alkyl halides is 3. The van der Waals surface area contributed by atoms with Gasteiger partial charge in [0.05, 0.1) is 23.1 Å². The Kier molecular flexibility index (Phi) is 4.32. The lowest BCUT2D eigenvalue weighted by molar-refractivity contribution is -0.138. The van der Waals surface area contributed by atoms with Crippen molar-refractivity contribution in [1.82, 2.24) is 20.3 Å². The van der Waals surface area contributed by atoms with E-state index in [-0.39, 0.29) is 11.6 Å². The third-order valence-electron chi connectivity index (χ3n) is 3.08. The summed E-state index contributed by atoms with van der Waals surface area (Å²) < 4.78 is 40.3. The molecule has 1 aromatic heterocycles. The number of aryl methyl sites for hydroxylation is 1. The van der Waals surface area contributed by atoms with E-state index in [1.54, 1.807) is 12.3 Å². The minimum absolute atomic E-state index is 0.188. The summed E-state index contributed by atoms with van der Waals surface area (Å²) in [5.41, 5.74) is 0.596. The molecule has 7 heteroatoms. The predicted molar refractivity (Wildman–Crippen MR) is 73.1 cm³/mol. The Balaban J connectivity index is 2.37. The van der Waals surface area contributed by atoms with Crippen molar-refractivity contribution in [1.29, 1.82) is 0 Å². The maximum absolute atomic E-state index is 13.0. The first-order valence-corrected chi connectivity index (χ1v) is 6.60. The molecule has 1 aromatic carbocycles. The molecule has 0 fully saturated rings. The van der Waals surface area contributed by atoms with Crippen LogP contribution in [0.15, 0.2) is 24.4 Å². The van der Waals surface area contributed by atoms with Crippen LogP contribution in [0.3, 0.4) is 0 Å². The summed E-state index contributed by atoms with van der Waals surface area (Å²) in [5, 5.41) is 10.9. The molecule has 0 bridgehead atoms. The third-order valence-corrected chi connectivity index (χ3v) is 3.08. The Morgan fingerprint density at radius 2 is 2.00 bits per heavy atom. The van der Waals surface area contributed by atoms with E-state index >= 15 is 0 Å². The largest absolute Gasteiger partial charge is 0.416 e. The Hall–Kier alpha value is -1.89. The third kappa shape index (κ3) is 3.60. The van der Waals surface area contributed by atoms with Gasteiger partial charge in [0.15, 0.2) is 0 Å². The Morgan fingerprint density at radius 1 is 1.29 bits per heavy atom. The van der Waals surface area contributed by atoms with Crippen LogP contribution in [-0.4, -0.2) is 21.0 Å². The Labute approximate surface area is 121 Å². The fourth-order valence-corrected chi connectivity index (χ4v) is 1.95.